The number of nitro groups is 1. The van der Waals surface area contributed by atoms with Gasteiger partial charge in [-0.05, 0) is 29.7 Å². The molecule has 0 bridgehead atoms. The van der Waals surface area contributed by atoms with E-state index in [1.807, 2.05) is 12.1 Å². The van der Waals surface area contributed by atoms with Crippen molar-refractivity contribution in [3.05, 3.63) is 69.8 Å². The molecule has 0 aromatic heterocycles. The summed E-state index contributed by atoms with van der Waals surface area (Å²) in [6, 6.07) is 15.7. The zero-order valence-corrected chi connectivity index (χ0v) is 14.0. The van der Waals surface area contributed by atoms with Crippen LogP contribution < -0.4 is 4.90 Å². The van der Waals surface area contributed by atoms with Crippen molar-refractivity contribution in [3.8, 4) is 0 Å². The van der Waals surface area contributed by atoms with Crippen molar-refractivity contribution in [2.24, 2.45) is 0 Å². The van der Waals surface area contributed by atoms with Crippen LogP contribution in [0.5, 0.6) is 0 Å². The first kappa shape index (κ1) is 16.5. The summed E-state index contributed by atoms with van der Waals surface area (Å²) in [5.74, 6) is 0. The molecule has 2 aromatic rings. The Balaban J connectivity index is 1.54. The molecule has 2 aromatic carbocycles. The van der Waals surface area contributed by atoms with Crippen molar-refractivity contribution in [1.82, 2.24) is 4.90 Å². The molecule has 1 fully saturated rings. The van der Waals surface area contributed by atoms with Crippen molar-refractivity contribution < 1.29 is 4.92 Å². The van der Waals surface area contributed by atoms with Crippen LogP contribution in [0.25, 0.3) is 0 Å². The van der Waals surface area contributed by atoms with Crippen LogP contribution >= 0.6 is 0 Å². The van der Waals surface area contributed by atoms with Gasteiger partial charge in [-0.25, -0.2) is 0 Å². The molecule has 24 heavy (non-hydrogen) atoms. The molecular weight excluding hydrogens is 302 g/mol. The maximum atomic E-state index is 10.7. The quantitative estimate of drug-likeness (QED) is 0.624. The van der Waals surface area contributed by atoms with Gasteiger partial charge in [0.1, 0.15) is 0 Å². The summed E-state index contributed by atoms with van der Waals surface area (Å²) in [5.41, 5.74) is 3.94. The van der Waals surface area contributed by atoms with E-state index < -0.39 is 0 Å². The molecule has 0 radical (unpaired) electrons. The molecule has 0 N–H and O–H groups in total. The summed E-state index contributed by atoms with van der Waals surface area (Å²) in [6.07, 6.45) is 1.08. The molecule has 0 amide bonds. The lowest BCUT2D eigenvalue weighted by Crippen LogP contribution is -2.45. The van der Waals surface area contributed by atoms with E-state index in [1.165, 1.54) is 11.1 Å². The third-order valence-corrected chi connectivity index (χ3v) is 4.64. The van der Waals surface area contributed by atoms with Gasteiger partial charge in [0.2, 0.25) is 0 Å². The van der Waals surface area contributed by atoms with Crippen molar-refractivity contribution >= 4 is 11.4 Å². The van der Waals surface area contributed by atoms with Gasteiger partial charge >= 0.3 is 0 Å². The topological polar surface area (TPSA) is 49.6 Å². The van der Waals surface area contributed by atoms with E-state index >= 15 is 0 Å². The zero-order chi connectivity index (χ0) is 16.9. The number of nitro benzene ring substituents is 1. The third kappa shape index (κ3) is 3.92. The van der Waals surface area contributed by atoms with Gasteiger partial charge in [-0.15, -0.1) is 0 Å². The number of rotatable bonds is 5. The fraction of sp³-hybridized carbons (Fsp3) is 0.368. The molecule has 0 unspecified atom stereocenters. The minimum Gasteiger partial charge on any atom is -0.369 e. The number of nitrogens with zero attached hydrogens (tertiary/aromatic N) is 3. The minimum atomic E-state index is -0.356. The van der Waals surface area contributed by atoms with Crippen LogP contribution in [0.3, 0.4) is 0 Å². The first-order chi connectivity index (χ1) is 11.7. The number of anilines is 1. The first-order valence-corrected chi connectivity index (χ1v) is 8.45. The number of benzene rings is 2. The number of piperazine rings is 1. The highest BCUT2D eigenvalue weighted by Gasteiger charge is 2.18. The second kappa shape index (κ2) is 7.45. The molecule has 126 valence electrons. The van der Waals surface area contributed by atoms with Crippen molar-refractivity contribution in [1.29, 1.82) is 0 Å². The Morgan fingerprint density at radius 2 is 1.50 bits per heavy atom. The van der Waals surface area contributed by atoms with Crippen LogP contribution in [-0.2, 0) is 13.0 Å². The van der Waals surface area contributed by atoms with Crippen LogP contribution in [-0.4, -0.2) is 36.0 Å². The van der Waals surface area contributed by atoms with Gasteiger partial charge in [-0.3, -0.25) is 15.0 Å². The Hall–Kier alpha value is -2.40. The van der Waals surface area contributed by atoms with Gasteiger partial charge in [0.15, 0.2) is 0 Å². The van der Waals surface area contributed by atoms with Crippen LogP contribution in [0.2, 0.25) is 0 Å². The first-order valence-electron chi connectivity index (χ1n) is 8.45. The second-order valence-corrected chi connectivity index (χ2v) is 6.21. The largest absolute Gasteiger partial charge is 0.369 e. The molecule has 5 nitrogen and oxygen atoms in total. The maximum Gasteiger partial charge on any atom is 0.269 e. The summed E-state index contributed by atoms with van der Waals surface area (Å²) in [5, 5.41) is 10.7. The summed E-state index contributed by atoms with van der Waals surface area (Å²) < 4.78 is 0. The highest BCUT2D eigenvalue weighted by molar-refractivity contribution is 5.51. The van der Waals surface area contributed by atoms with Crippen molar-refractivity contribution in [3.63, 3.8) is 0 Å². The Morgan fingerprint density at radius 3 is 2.04 bits per heavy atom. The van der Waals surface area contributed by atoms with Gasteiger partial charge < -0.3 is 4.90 Å². The van der Waals surface area contributed by atoms with Crippen molar-refractivity contribution in [2.75, 3.05) is 31.1 Å². The molecule has 1 aliphatic rings. The predicted octanol–water partition coefficient (Wildman–Crippen LogP) is 3.48. The van der Waals surface area contributed by atoms with Gasteiger partial charge in [0, 0.05) is 50.5 Å². The molecule has 1 saturated heterocycles. The number of hydrogen-bond donors (Lipinski definition) is 0. The fourth-order valence-electron chi connectivity index (χ4n) is 3.09. The third-order valence-electron chi connectivity index (χ3n) is 4.64. The smallest absolute Gasteiger partial charge is 0.269 e. The van der Waals surface area contributed by atoms with Gasteiger partial charge in [-0.1, -0.05) is 31.2 Å². The number of aryl methyl sites for hydroxylation is 1. The Kier molecular flexibility index (Phi) is 5.11. The van der Waals surface area contributed by atoms with E-state index in [0.717, 1.165) is 44.8 Å². The second-order valence-electron chi connectivity index (χ2n) is 6.21. The minimum absolute atomic E-state index is 0.146. The number of hydrogen-bond acceptors (Lipinski definition) is 4. The molecule has 0 saturated carbocycles. The van der Waals surface area contributed by atoms with E-state index in [0.29, 0.717) is 0 Å². The highest BCUT2D eigenvalue weighted by atomic mass is 16.6. The Labute approximate surface area is 142 Å². The SMILES string of the molecule is CCc1ccc(CN2CCN(c3ccc([N+](=O)[O-])cc3)CC2)cc1. The fourth-order valence-corrected chi connectivity index (χ4v) is 3.09. The summed E-state index contributed by atoms with van der Waals surface area (Å²) >= 11 is 0. The van der Waals surface area contributed by atoms with E-state index in [4.69, 9.17) is 0 Å². The predicted molar refractivity (Wildman–Crippen MR) is 96.4 cm³/mol. The average Bonchev–Trinajstić information content (AvgIpc) is 2.63. The van der Waals surface area contributed by atoms with E-state index in [-0.39, 0.29) is 10.6 Å². The van der Waals surface area contributed by atoms with E-state index in [1.54, 1.807) is 12.1 Å². The van der Waals surface area contributed by atoms with Crippen LogP contribution in [0.1, 0.15) is 18.1 Å². The standard InChI is InChI=1S/C19H23N3O2/c1-2-16-3-5-17(6-4-16)15-20-11-13-21(14-12-20)18-7-9-19(10-8-18)22(23)24/h3-10H,2,11-15H2,1H3. The van der Waals surface area contributed by atoms with Crippen LogP contribution in [0, 0.1) is 10.1 Å². The van der Waals surface area contributed by atoms with Gasteiger partial charge in [0.05, 0.1) is 4.92 Å². The van der Waals surface area contributed by atoms with Crippen LogP contribution in [0.4, 0.5) is 11.4 Å². The summed E-state index contributed by atoms with van der Waals surface area (Å²) in [6.45, 7) is 7.07. The average molecular weight is 325 g/mol. The lowest BCUT2D eigenvalue weighted by molar-refractivity contribution is -0.384. The van der Waals surface area contributed by atoms with Gasteiger partial charge in [-0.2, -0.15) is 0 Å². The van der Waals surface area contributed by atoms with Crippen LogP contribution in [0.15, 0.2) is 48.5 Å². The molecule has 1 heterocycles. The molecule has 5 heteroatoms. The molecule has 1 aliphatic heterocycles. The monoisotopic (exact) mass is 325 g/mol. The molecule has 0 atom stereocenters. The summed E-state index contributed by atoms with van der Waals surface area (Å²) in [7, 11) is 0. The normalized spacial score (nSPS) is 15.5. The highest BCUT2D eigenvalue weighted by Crippen LogP contribution is 2.21. The Bertz CT molecular complexity index is 675. The van der Waals surface area contributed by atoms with Crippen molar-refractivity contribution in [2.45, 2.75) is 19.9 Å². The molecule has 0 aliphatic carbocycles. The molecular formula is C19H23N3O2. The number of non-ortho nitro benzene ring substituents is 1. The van der Waals surface area contributed by atoms with E-state index in [9.17, 15) is 10.1 Å². The van der Waals surface area contributed by atoms with Gasteiger partial charge in [0.25, 0.3) is 5.69 Å². The molecule has 0 spiro atoms. The van der Waals surface area contributed by atoms with E-state index in [2.05, 4.69) is 41.0 Å². The zero-order valence-electron chi connectivity index (χ0n) is 14.0. The molecule has 3 rings (SSSR count). The Morgan fingerprint density at radius 1 is 0.917 bits per heavy atom. The lowest BCUT2D eigenvalue weighted by Gasteiger charge is -2.36. The maximum absolute atomic E-state index is 10.7. The summed E-state index contributed by atoms with van der Waals surface area (Å²) in [4.78, 5) is 15.1. The lowest BCUT2D eigenvalue weighted by atomic mass is 10.1.